The molecule has 2 aromatic rings. The van der Waals surface area contributed by atoms with Crippen LogP contribution in [-0.2, 0) is 23.4 Å². The van der Waals surface area contributed by atoms with Gasteiger partial charge in [0, 0.05) is 10.9 Å². The molecule has 2 heterocycles. The highest BCUT2D eigenvalue weighted by Gasteiger charge is 2.23. The average Bonchev–Trinajstić information content (AvgIpc) is 3.02. The number of fused-ring (bicyclic) bond motifs is 3. The fraction of sp³-hybridized carbons (Fsp3) is 0.650. The highest BCUT2D eigenvalue weighted by atomic mass is 32.2. The third-order valence-electron chi connectivity index (χ3n) is 5.80. The Morgan fingerprint density at radius 1 is 1.26 bits per heavy atom. The van der Waals surface area contributed by atoms with Gasteiger partial charge in [0.15, 0.2) is 0 Å². The van der Waals surface area contributed by atoms with Gasteiger partial charge in [-0.1, -0.05) is 19.8 Å². The summed E-state index contributed by atoms with van der Waals surface area (Å²) in [5.41, 5.74) is 1.20. The number of carbonyl (C=O) groups excluding carboxylic acids is 1. The van der Waals surface area contributed by atoms with Crippen molar-refractivity contribution in [3.05, 3.63) is 26.6 Å². The second kappa shape index (κ2) is 8.35. The summed E-state index contributed by atoms with van der Waals surface area (Å²) in [5, 5.41) is 3.98. The summed E-state index contributed by atoms with van der Waals surface area (Å²) in [6.45, 7) is 2.22. The molecule has 1 fully saturated rings. The van der Waals surface area contributed by atoms with Gasteiger partial charge in [-0.05, 0) is 50.0 Å². The predicted octanol–water partition coefficient (Wildman–Crippen LogP) is 3.79. The highest BCUT2D eigenvalue weighted by molar-refractivity contribution is 7.99. The van der Waals surface area contributed by atoms with Gasteiger partial charge in [0.2, 0.25) is 5.91 Å². The van der Waals surface area contributed by atoms with Crippen molar-refractivity contribution in [3.63, 3.8) is 0 Å². The van der Waals surface area contributed by atoms with Crippen LogP contribution in [0, 0.1) is 5.92 Å². The van der Waals surface area contributed by atoms with Crippen molar-refractivity contribution in [3.8, 4) is 0 Å². The molecule has 2 aliphatic carbocycles. The second-order valence-electron chi connectivity index (χ2n) is 7.83. The van der Waals surface area contributed by atoms with E-state index in [-0.39, 0.29) is 11.5 Å². The lowest BCUT2D eigenvalue weighted by Crippen LogP contribution is -2.41. The number of carbonyl (C=O) groups is 1. The van der Waals surface area contributed by atoms with E-state index < -0.39 is 0 Å². The zero-order chi connectivity index (χ0) is 18.8. The number of thioether (sulfide) groups is 1. The standard InChI is InChI=1S/C20H27N3O2S2/c1-12-6-2-4-8-14(12)21-17(24)11-26-10-16-22-19(25)18-13-7-3-5-9-15(13)27-20(18)23-16/h12,14H,2-11H2,1H3,(H,21,24)(H,22,23,25)/t12-,14-/m0/s1. The van der Waals surface area contributed by atoms with Gasteiger partial charge in [0.05, 0.1) is 16.9 Å². The molecule has 0 spiro atoms. The fourth-order valence-corrected chi connectivity index (χ4v) is 6.28. The lowest BCUT2D eigenvalue weighted by Gasteiger charge is -2.29. The van der Waals surface area contributed by atoms with Crippen LogP contribution in [-0.4, -0.2) is 27.7 Å². The monoisotopic (exact) mass is 405 g/mol. The Morgan fingerprint density at radius 2 is 2.07 bits per heavy atom. The summed E-state index contributed by atoms with van der Waals surface area (Å²) in [7, 11) is 0. The van der Waals surface area contributed by atoms with E-state index in [1.807, 2.05) is 0 Å². The largest absolute Gasteiger partial charge is 0.352 e. The summed E-state index contributed by atoms with van der Waals surface area (Å²) < 4.78 is 0. The van der Waals surface area contributed by atoms with Crippen LogP contribution < -0.4 is 10.9 Å². The third kappa shape index (κ3) is 4.24. The quantitative estimate of drug-likeness (QED) is 0.794. The van der Waals surface area contributed by atoms with Crippen LogP contribution in [0.4, 0.5) is 0 Å². The molecule has 2 N–H and O–H groups in total. The Hall–Kier alpha value is -1.34. The smallest absolute Gasteiger partial charge is 0.259 e. The van der Waals surface area contributed by atoms with Crippen LogP contribution in [0.15, 0.2) is 4.79 Å². The van der Waals surface area contributed by atoms with Gasteiger partial charge in [0.1, 0.15) is 10.7 Å². The van der Waals surface area contributed by atoms with Gasteiger partial charge < -0.3 is 10.3 Å². The molecule has 2 atom stereocenters. The molecule has 2 aromatic heterocycles. The number of amides is 1. The maximum atomic E-state index is 12.6. The number of hydrogen-bond donors (Lipinski definition) is 2. The molecule has 4 rings (SSSR count). The van der Waals surface area contributed by atoms with Crippen molar-refractivity contribution in [1.82, 2.24) is 15.3 Å². The molecule has 0 bridgehead atoms. The lowest BCUT2D eigenvalue weighted by molar-refractivity contribution is -0.119. The number of aryl methyl sites for hydroxylation is 2. The van der Waals surface area contributed by atoms with Gasteiger partial charge in [-0.3, -0.25) is 9.59 Å². The van der Waals surface area contributed by atoms with Gasteiger partial charge in [0.25, 0.3) is 5.56 Å². The summed E-state index contributed by atoms with van der Waals surface area (Å²) in [4.78, 5) is 34.6. The number of aromatic amines is 1. The Kier molecular flexibility index (Phi) is 5.88. The number of nitrogens with one attached hydrogen (secondary N) is 2. The predicted molar refractivity (Wildman–Crippen MR) is 113 cm³/mol. The first kappa shape index (κ1) is 19.0. The van der Waals surface area contributed by atoms with Crippen molar-refractivity contribution < 1.29 is 4.79 Å². The van der Waals surface area contributed by atoms with E-state index in [4.69, 9.17) is 0 Å². The minimum atomic E-state index is -0.0181. The summed E-state index contributed by atoms with van der Waals surface area (Å²) >= 11 is 3.19. The van der Waals surface area contributed by atoms with Crippen LogP contribution in [0.1, 0.15) is 61.7 Å². The average molecular weight is 406 g/mol. The number of rotatable bonds is 5. The molecular formula is C20H27N3O2S2. The molecule has 7 heteroatoms. The van der Waals surface area contributed by atoms with E-state index in [2.05, 4.69) is 22.2 Å². The second-order valence-corrected chi connectivity index (χ2v) is 9.90. The summed E-state index contributed by atoms with van der Waals surface area (Å²) in [5.74, 6) is 2.30. The van der Waals surface area contributed by atoms with Crippen molar-refractivity contribution in [2.24, 2.45) is 5.92 Å². The molecule has 27 heavy (non-hydrogen) atoms. The number of nitrogens with zero attached hydrogens (tertiary/aromatic N) is 1. The molecule has 0 unspecified atom stereocenters. The Labute approximate surface area is 167 Å². The summed E-state index contributed by atoms with van der Waals surface area (Å²) in [6, 6.07) is 0.318. The van der Waals surface area contributed by atoms with Crippen molar-refractivity contribution in [2.75, 3.05) is 5.75 Å². The van der Waals surface area contributed by atoms with Crippen LogP contribution in [0.2, 0.25) is 0 Å². The van der Waals surface area contributed by atoms with Gasteiger partial charge >= 0.3 is 0 Å². The lowest BCUT2D eigenvalue weighted by atomic mass is 9.86. The molecule has 0 aromatic carbocycles. The van der Waals surface area contributed by atoms with E-state index in [0.29, 0.717) is 29.3 Å². The van der Waals surface area contributed by atoms with Gasteiger partial charge in [-0.15, -0.1) is 23.1 Å². The van der Waals surface area contributed by atoms with E-state index in [1.165, 1.54) is 47.9 Å². The SMILES string of the molecule is C[C@H]1CCCC[C@@H]1NC(=O)CSCc1nc2sc3c(c2c(=O)[nH]1)CCCC3. The fourth-order valence-electron chi connectivity index (χ4n) is 4.30. The first-order valence-electron chi connectivity index (χ1n) is 10.0. The minimum Gasteiger partial charge on any atom is -0.352 e. The van der Waals surface area contributed by atoms with Crippen LogP contribution in [0.25, 0.3) is 10.2 Å². The van der Waals surface area contributed by atoms with E-state index in [0.717, 1.165) is 35.9 Å². The van der Waals surface area contributed by atoms with Crippen molar-refractivity contribution in [2.45, 2.75) is 70.1 Å². The molecule has 2 aliphatic rings. The van der Waals surface area contributed by atoms with Crippen LogP contribution >= 0.6 is 23.1 Å². The maximum Gasteiger partial charge on any atom is 0.259 e. The Balaban J connectivity index is 1.36. The van der Waals surface area contributed by atoms with Crippen LogP contribution in [0.5, 0.6) is 0 Å². The third-order valence-corrected chi connectivity index (χ3v) is 7.93. The zero-order valence-corrected chi connectivity index (χ0v) is 17.4. The van der Waals surface area contributed by atoms with Crippen molar-refractivity contribution in [1.29, 1.82) is 0 Å². The molecule has 0 saturated heterocycles. The Morgan fingerprint density at radius 3 is 2.93 bits per heavy atom. The summed E-state index contributed by atoms with van der Waals surface area (Å²) in [6.07, 6.45) is 9.20. The number of aromatic nitrogens is 2. The van der Waals surface area contributed by atoms with Gasteiger partial charge in [-0.2, -0.15) is 0 Å². The minimum absolute atomic E-state index is 0.0181. The van der Waals surface area contributed by atoms with Crippen LogP contribution in [0.3, 0.4) is 0 Å². The first-order chi connectivity index (χ1) is 13.1. The topological polar surface area (TPSA) is 74.8 Å². The molecule has 0 aliphatic heterocycles. The van der Waals surface area contributed by atoms with E-state index >= 15 is 0 Å². The maximum absolute atomic E-state index is 12.6. The normalized spacial score (nSPS) is 22.6. The molecule has 1 amide bonds. The number of H-pyrrole nitrogens is 1. The van der Waals surface area contributed by atoms with Gasteiger partial charge in [-0.25, -0.2) is 4.98 Å². The van der Waals surface area contributed by atoms with Crippen molar-refractivity contribution >= 4 is 39.2 Å². The zero-order valence-electron chi connectivity index (χ0n) is 15.8. The Bertz CT molecular complexity index is 889. The molecule has 0 radical (unpaired) electrons. The van der Waals surface area contributed by atoms with E-state index in [9.17, 15) is 9.59 Å². The highest BCUT2D eigenvalue weighted by Crippen LogP contribution is 2.33. The molecule has 5 nitrogen and oxygen atoms in total. The first-order valence-corrected chi connectivity index (χ1v) is 12.0. The number of thiophene rings is 1. The number of hydrogen-bond acceptors (Lipinski definition) is 5. The molecule has 146 valence electrons. The molecule has 1 saturated carbocycles. The molecular weight excluding hydrogens is 378 g/mol. The van der Waals surface area contributed by atoms with E-state index in [1.54, 1.807) is 11.3 Å².